The molecule has 0 radical (unpaired) electrons. The normalized spacial score (nSPS) is 10.7. The van der Waals surface area contributed by atoms with Crippen LogP contribution in [0.25, 0.3) is 11.1 Å². The molecule has 0 amide bonds. The number of aryl methyl sites for hydroxylation is 1. The first-order valence-electron chi connectivity index (χ1n) is 11.0. The molecule has 9 heteroatoms. The summed E-state index contributed by atoms with van der Waals surface area (Å²) in [5.41, 5.74) is 4.73. The summed E-state index contributed by atoms with van der Waals surface area (Å²) in [5, 5.41) is 0. The predicted octanol–water partition coefficient (Wildman–Crippen LogP) is 3.88. The number of nitrogens with zero attached hydrogens (tertiary/aromatic N) is 1. The molecule has 0 aliphatic rings. The van der Waals surface area contributed by atoms with Gasteiger partial charge >= 0.3 is 0 Å². The van der Waals surface area contributed by atoms with Crippen molar-refractivity contribution in [3.63, 3.8) is 0 Å². The van der Waals surface area contributed by atoms with E-state index in [1.165, 1.54) is 4.90 Å². The van der Waals surface area contributed by atoms with Crippen LogP contribution >= 0.6 is 11.8 Å². The van der Waals surface area contributed by atoms with E-state index in [-0.39, 0.29) is 22.2 Å². The lowest BCUT2D eigenvalue weighted by Gasteiger charge is -2.12. The van der Waals surface area contributed by atoms with E-state index >= 15 is 0 Å². The zero-order valence-electron chi connectivity index (χ0n) is 20.4. The number of carbonyl (C=O) groups is 1. The van der Waals surface area contributed by atoms with E-state index in [1.807, 2.05) is 66.9 Å². The molecule has 0 saturated heterocycles. The molecule has 0 aliphatic carbocycles. The molecule has 0 saturated carbocycles. The summed E-state index contributed by atoms with van der Waals surface area (Å²) in [7, 11) is -1.42. The Hall–Kier alpha value is -3.34. The van der Waals surface area contributed by atoms with E-state index in [0.717, 1.165) is 32.8 Å². The van der Waals surface area contributed by atoms with Gasteiger partial charge < -0.3 is 21.2 Å². The first-order valence-corrected chi connectivity index (χ1v) is 13.4. The van der Waals surface area contributed by atoms with Crippen molar-refractivity contribution in [2.24, 2.45) is 0 Å². The Morgan fingerprint density at radius 3 is 2.22 bits per heavy atom. The SMILES string of the molecule is CSc1ccc(-c2ccccc2S(=O)Nc2ccc(CC(=O)CCc3cccnc3)cc2)cc1.O.O.O. The van der Waals surface area contributed by atoms with Gasteiger partial charge in [-0.1, -0.05) is 48.5 Å². The van der Waals surface area contributed by atoms with Crippen molar-refractivity contribution in [1.82, 2.24) is 4.98 Å². The molecule has 37 heavy (non-hydrogen) atoms. The van der Waals surface area contributed by atoms with Crippen LogP contribution in [0.2, 0.25) is 0 Å². The largest absolute Gasteiger partial charge is 0.412 e. The van der Waals surface area contributed by atoms with Crippen molar-refractivity contribution < 1.29 is 25.4 Å². The van der Waals surface area contributed by atoms with Gasteiger partial charge in [0.15, 0.2) is 11.0 Å². The van der Waals surface area contributed by atoms with E-state index in [4.69, 9.17) is 0 Å². The van der Waals surface area contributed by atoms with E-state index in [0.29, 0.717) is 19.3 Å². The molecule has 0 fully saturated rings. The molecular weight excluding hydrogens is 508 g/mol. The van der Waals surface area contributed by atoms with Crippen LogP contribution in [-0.2, 0) is 28.6 Å². The average Bonchev–Trinajstić information content (AvgIpc) is 2.89. The summed E-state index contributed by atoms with van der Waals surface area (Å²) in [6, 6.07) is 27.4. The number of rotatable bonds is 10. The van der Waals surface area contributed by atoms with Crippen LogP contribution in [0, 0.1) is 0 Å². The van der Waals surface area contributed by atoms with Crippen LogP contribution < -0.4 is 4.72 Å². The maximum atomic E-state index is 13.2. The van der Waals surface area contributed by atoms with E-state index in [2.05, 4.69) is 34.0 Å². The lowest BCUT2D eigenvalue weighted by atomic mass is 10.0. The standard InChI is InChI=1S/C28H26N2O2S2.3H2O/c1-33-26-16-11-23(12-17-26)27-6-2-3-7-28(27)34(32)30-24-13-8-21(9-14-24)19-25(31)15-10-22-5-4-18-29-20-22;;;/h2-9,11-14,16-18,20,30H,10,15,19H2,1H3;3*1H2. The Morgan fingerprint density at radius 1 is 0.865 bits per heavy atom. The fourth-order valence-corrected chi connectivity index (χ4v) is 5.09. The van der Waals surface area contributed by atoms with Gasteiger partial charge in [-0.3, -0.25) is 9.78 Å². The number of carbonyl (C=O) groups excluding carboxylic acids is 1. The number of aromatic nitrogens is 1. The summed E-state index contributed by atoms with van der Waals surface area (Å²) in [5.74, 6) is 0.189. The van der Waals surface area contributed by atoms with Crippen molar-refractivity contribution >= 4 is 34.2 Å². The highest BCUT2D eigenvalue weighted by atomic mass is 32.2. The van der Waals surface area contributed by atoms with Crippen LogP contribution in [0.3, 0.4) is 0 Å². The molecule has 1 unspecified atom stereocenters. The lowest BCUT2D eigenvalue weighted by Crippen LogP contribution is -2.07. The maximum absolute atomic E-state index is 13.2. The second-order valence-electron chi connectivity index (χ2n) is 7.87. The molecule has 1 aromatic heterocycles. The second-order valence-corrected chi connectivity index (χ2v) is 9.93. The summed E-state index contributed by atoms with van der Waals surface area (Å²) in [6.07, 6.45) is 7.15. The summed E-state index contributed by atoms with van der Waals surface area (Å²) >= 11 is 1.70. The number of nitrogens with one attached hydrogen (secondary N) is 1. The molecule has 1 heterocycles. The van der Waals surface area contributed by atoms with Gasteiger partial charge in [0.1, 0.15) is 5.78 Å². The highest BCUT2D eigenvalue weighted by molar-refractivity contribution is 7.98. The summed E-state index contributed by atoms with van der Waals surface area (Å²) in [4.78, 5) is 18.4. The minimum atomic E-state index is -1.42. The fourth-order valence-electron chi connectivity index (χ4n) is 3.64. The number of ketones is 1. The third kappa shape index (κ3) is 8.92. The number of benzene rings is 3. The molecule has 0 aliphatic heterocycles. The Bertz CT molecular complexity index is 1270. The topological polar surface area (TPSA) is 154 Å². The van der Waals surface area contributed by atoms with Gasteiger partial charge in [0.05, 0.1) is 4.90 Å². The predicted molar refractivity (Wildman–Crippen MR) is 152 cm³/mol. The molecule has 1 atom stereocenters. The van der Waals surface area contributed by atoms with E-state index in [1.54, 1.807) is 24.2 Å². The van der Waals surface area contributed by atoms with Crippen molar-refractivity contribution in [1.29, 1.82) is 0 Å². The average molecular weight is 541 g/mol. The minimum Gasteiger partial charge on any atom is -0.412 e. The minimum absolute atomic E-state index is 0. The van der Waals surface area contributed by atoms with Crippen LogP contribution in [0.5, 0.6) is 0 Å². The zero-order valence-corrected chi connectivity index (χ0v) is 22.1. The van der Waals surface area contributed by atoms with E-state index < -0.39 is 11.0 Å². The highest BCUT2D eigenvalue weighted by Gasteiger charge is 2.12. The number of anilines is 1. The summed E-state index contributed by atoms with van der Waals surface area (Å²) in [6.45, 7) is 0. The number of Topliss-reactive ketones (excluding diaryl/α,β-unsaturated/α-hetero) is 1. The van der Waals surface area contributed by atoms with Crippen molar-refractivity contribution in [2.75, 3.05) is 11.0 Å². The van der Waals surface area contributed by atoms with Crippen molar-refractivity contribution in [3.05, 3.63) is 108 Å². The summed E-state index contributed by atoms with van der Waals surface area (Å²) < 4.78 is 16.2. The van der Waals surface area contributed by atoms with Gasteiger partial charge in [-0.2, -0.15) is 0 Å². The number of thioether (sulfide) groups is 1. The smallest absolute Gasteiger partial charge is 0.150 e. The van der Waals surface area contributed by atoms with Crippen LogP contribution in [0.15, 0.2) is 107 Å². The van der Waals surface area contributed by atoms with Gasteiger partial charge in [-0.05, 0) is 71.3 Å². The third-order valence-electron chi connectivity index (χ3n) is 5.47. The Labute approximate surface area is 223 Å². The molecule has 0 spiro atoms. The van der Waals surface area contributed by atoms with Crippen LogP contribution in [0.1, 0.15) is 17.5 Å². The monoisotopic (exact) mass is 540 g/mol. The third-order valence-corrected chi connectivity index (χ3v) is 7.39. The molecule has 7 N–H and O–H groups in total. The molecule has 4 rings (SSSR count). The Balaban J connectivity index is 0.00000228. The first kappa shape index (κ1) is 31.7. The fraction of sp³-hybridized carbons (Fsp3) is 0.143. The second kappa shape index (κ2) is 15.7. The van der Waals surface area contributed by atoms with Gasteiger partial charge in [0, 0.05) is 35.8 Å². The van der Waals surface area contributed by atoms with Crippen LogP contribution in [0.4, 0.5) is 5.69 Å². The molecule has 7 nitrogen and oxygen atoms in total. The number of hydrogen-bond donors (Lipinski definition) is 1. The zero-order chi connectivity index (χ0) is 23.8. The van der Waals surface area contributed by atoms with Gasteiger partial charge in [0.25, 0.3) is 0 Å². The quantitative estimate of drug-likeness (QED) is 0.303. The van der Waals surface area contributed by atoms with Crippen LogP contribution in [-0.4, -0.2) is 37.7 Å². The Morgan fingerprint density at radius 2 is 1.57 bits per heavy atom. The van der Waals surface area contributed by atoms with E-state index in [9.17, 15) is 9.00 Å². The molecule has 3 aromatic carbocycles. The lowest BCUT2D eigenvalue weighted by molar-refractivity contribution is -0.118. The molecule has 4 aromatic rings. The number of hydrogen-bond acceptors (Lipinski definition) is 4. The Kier molecular flexibility index (Phi) is 13.4. The molecular formula is C28H32N2O5S2. The van der Waals surface area contributed by atoms with Crippen molar-refractivity contribution in [3.8, 4) is 11.1 Å². The maximum Gasteiger partial charge on any atom is 0.150 e. The number of pyridine rings is 1. The van der Waals surface area contributed by atoms with Gasteiger partial charge in [-0.15, -0.1) is 11.8 Å². The first-order chi connectivity index (χ1) is 16.6. The van der Waals surface area contributed by atoms with Crippen molar-refractivity contribution in [2.45, 2.75) is 29.1 Å². The molecule has 196 valence electrons. The highest BCUT2D eigenvalue weighted by Crippen LogP contribution is 2.28. The van der Waals surface area contributed by atoms with Gasteiger partial charge in [0.2, 0.25) is 0 Å². The molecule has 0 bridgehead atoms. The van der Waals surface area contributed by atoms with Gasteiger partial charge in [-0.25, -0.2) is 4.21 Å².